The van der Waals surface area contributed by atoms with E-state index in [4.69, 9.17) is 11.6 Å². The summed E-state index contributed by atoms with van der Waals surface area (Å²) in [6.07, 6.45) is 2.13. The normalized spacial score (nSPS) is 18.5. The molecule has 1 amide bonds. The molecule has 1 fully saturated rings. The number of amides is 1. The van der Waals surface area contributed by atoms with Gasteiger partial charge in [0.25, 0.3) is 5.91 Å². The zero-order valence-corrected chi connectivity index (χ0v) is 12.3. The lowest BCUT2D eigenvalue weighted by Crippen LogP contribution is -2.42. The van der Waals surface area contributed by atoms with E-state index in [-0.39, 0.29) is 11.4 Å². The van der Waals surface area contributed by atoms with E-state index in [1.165, 1.54) is 0 Å². The summed E-state index contributed by atoms with van der Waals surface area (Å²) in [6.45, 7) is 5.05. The molecule has 0 atom stereocenters. The Labute approximate surface area is 115 Å². The van der Waals surface area contributed by atoms with Gasteiger partial charge < -0.3 is 4.90 Å². The van der Waals surface area contributed by atoms with Crippen LogP contribution in [0.4, 0.5) is 0 Å². The number of hydrogen-bond acceptors (Lipinski definition) is 1. The summed E-state index contributed by atoms with van der Waals surface area (Å²) in [5.41, 5.74) is 0.615. The molecule has 0 unspecified atom stereocenters. The highest BCUT2D eigenvalue weighted by Crippen LogP contribution is 2.31. The molecule has 4 heteroatoms. The molecule has 17 heavy (non-hydrogen) atoms. The monoisotopic (exact) mass is 315 g/mol. The Morgan fingerprint density at radius 1 is 1.47 bits per heavy atom. The third-order valence-corrected chi connectivity index (χ3v) is 4.55. The van der Waals surface area contributed by atoms with Crippen LogP contribution in [0.3, 0.4) is 0 Å². The Hall–Kier alpha value is -0.540. The van der Waals surface area contributed by atoms with E-state index in [2.05, 4.69) is 29.8 Å². The van der Waals surface area contributed by atoms with Crippen molar-refractivity contribution in [3.05, 3.63) is 33.3 Å². The van der Waals surface area contributed by atoms with Crippen LogP contribution in [0.25, 0.3) is 0 Å². The number of hydrogen-bond donors (Lipinski definition) is 0. The summed E-state index contributed by atoms with van der Waals surface area (Å²) >= 11 is 9.35. The van der Waals surface area contributed by atoms with Crippen LogP contribution in [0.15, 0.2) is 22.7 Å². The fourth-order valence-electron chi connectivity index (χ4n) is 2.27. The van der Waals surface area contributed by atoms with Gasteiger partial charge in [-0.3, -0.25) is 4.79 Å². The molecule has 2 rings (SSSR count). The fraction of sp³-hybridized carbons (Fsp3) is 0.462. The average molecular weight is 317 g/mol. The number of benzene rings is 1. The van der Waals surface area contributed by atoms with Gasteiger partial charge in [-0.2, -0.15) is 0 Å². The van der Waals surface area contributed by atoms with Gasteiger partial charge in [0.2, 0.25) is 0 Å². The second kappa shape index (κ2) is 4.62. The van der Waals surface area contributed by atoms with Crippen LogP contribution in [0, 0.1) is 0 Å². The molecular formula is C13H15BrClNO. The van der Waals surface area contributed by atoms with Gasteiger partial charge >= 0.3 is 0 Å². The number of nitrogens with zero attached hydrogens (tertiary/aromatic N) is 1. The van der Waals surface area contributed by atoms with Crippen molar-refractivity contribution in [2.24, 2.45) is 0 Å². The van der Waals surface area contributed by atoms with E-state index < -0.39 is 0 Å². The fourth-order valence-corrected chi connectivity index (χ4v) is 2.70. The van der Waals surface area contributed by atoms with Crippen LogP contribution >= 0.6 is 27.5 Å². The molecule has 1 aromatic rings. The van der Waals surface area contributed by atoms with Gasteiger partial charge in [-0.05, 0) is 60.8 Å². The first-order valence-electron chi connectivity index (χ1n) is 5.69. The van der Waals surface area contributed by atoms with Crippen molar-refractivity contribution in [3.63, 3.8) is 0 Å². The van der Waals surface area contributed by atoms with E-state index in [0.717, 1.165) is 23.9 Å². The molecule has 0 aromatic heterocycles. The summed E-state index contributed by atoms with van der Waals surface area (Å²) in [4.78, 5) is 14.3. The molecule has 92 valence electrons. The van der Waals surface area contributed by atoms with Crippen LogP contribution in [0.2, 0.25) is 5.02 Å². The van der Waals surface area contributed by atoms with Crippen LogP contribution in [-0.4, -0.2) is 22.9 Å². The van der Waals surface area contributed by atoms with Crippen molar-refractivity contribution in [1.82, 2.24) is 4.90 Å². The Morgan fingerprint density at radius 3 is 2.71 bits per heavy atom. The third-order valence-electron chi connectivity index (χ3n) is 3.31. The first kappa shape index (κ1) is 12.9. The molecule has 0 bridgehead atoms. The second-order valence-corrected chi connectivity index (χ2v) is 6.26. The summed E-state index contributed by atoms with van der Waals surface area (Å²) < 4.78 is 0.816. The topological polar surface area (TPSA) is 20.3 Å². The maximum absolute atomic E-state index is 12.4. The highest BCUT2D eigenvalue weighted by atomic mass is 79.9. The van der Waals surface area contributed by atoms with Crippen molar-refractivity contribution in [2.45, 2.75) is 32.2 Å². The van der Waals surface area contributed by atoms with Gasteiger partial charge in [-0.25, -0.2) is 0 Å². The van der Waals surface area contributed by atoms with Crippen LogP contribution in [0.5, 0.6) is 0 Å². The lowest BCUT2D eigenvalue weighted by molar-refractivity contribution is 0.0652. The molecular weight excluding hydrogens is 302 g/mol. The smallest absolute Gasteiger partial charge is 0.254 e. The lowest BCUT2D eigenvalue weighted by Gasteiger charge is -2.31. The Bertz CT molecular complexity index is 459. The molecule has 1 saturated heterocycles. The van der Waals surface area contributed by atoms with Gasteiger partial charge in [0.15, 0.2) is 0 Å². The molecule has 0 aliphatic carbocycles. The molecule has 1 aromatic carbocycles. The number of likely N-dealkylation sites (tertiary alicyclic amines) is 1. The van der Waals surface area contributed by atoms with Crippen molar-refractivity contribution >= 4 is 33.4 Å². The first-order chi connectivity index (χ1) is 7.92. The summed E-state index contributed by atoms with van der Waals surface area (Å²) in [5.74, 6) is 0.0712. The molecule has 1 aliphatic rings. The van der Waals surface area contributed by atoms with Gasteiger partial charge in [-0.1, -0.05) is 11.6 Å². The second-order valence-electron chi connectivity index (χ2n) is 5.00. The Morgan fingerprint density at radius 2 is 2.18 bits per heavy atom. The Kier molecular flexibility index (Phi) is 3.50. The first-order valence-corrected chi connectivity index (χ1v) is 6.86. The number of carbonyl (C=O) groups excluding carboxylic acids is 1. The van der Waals surface area contributed by atoms with E-state index in [1.807, 2.05) is 17.0 Å². The van der Waals surface area contributed by atoms with Crippen molar-refractivity contribution in [1.29, 1.82) is 0 Å². The molecule has 1 aliphatic heterocycles. The van der Waals surface area contributed by atoms with E-state index in [1.54, 1.807) is 6.07 Å². The van der Waals surface area contributed by atoms with E-state index in [9.17, 15) is 4.79 Å². The minimum absolute atomic E-state index is 0.0450. The lowest BCUT2D eigenvalue weighted by atomic mass is 10.0. The largest absolute Gasteiger partial charge is 0.334 e. The molecule has 0 saturated carbocycles. The highest BCUT2D eigenvalue weighted by molar-refractivity contribution is 9.10. The van der Waals surface area contributed by atoms with Gasteiger partial charge in [0.1, 0.15) is 0 Å². The van der Waals surface area contributed by atoms with Gasteiger partial charge in [-0.15, -0.1) is 0 Å². The third kappa shape index (κ3) is 2.50. The van der Waals surface area contributed by atoms with Crippen LogP contribution < -0.4 is 0 Å². The molecule has 0 radical (unpaired) electrons. The van der Waals surface area contributed by atoms with Gasteiger partial charge in [0, 0.05) is 22.1 Å². The minimum Gasteiger partial charge on any atom is -0.334 e. The molecule has 0 N–H and O–H groups in total. The minimum atomic E-state index is -0.0450. The van der Waals surface area contributed by atoms with E-state index >= 15 is 0 Å². The van der Waals surface area contributed by atoms with Gasteiger partial charge in [0.05, 0.1) is 5.02 Å². The summed E-state index contributed by atoms with van der Waals surface area (Å²) in [5, 5.41) is 0.577. The zero-order valence-electron chi connectivity index (χ0n) is 9.96. The summed E-state index contributed by atoms with van der Waals surface area (Å²) in [6, 6.07) is 5.35. The van der Waals surface area contributed by atoms with Crippen LogP contribution in [0.1, 0.15) is 37.0 Å². The van der Waals surface area contributed by atoms with E-state index in [0.29, 0.717) is 10.6 Å². The Balaban J connectivity index is 2.28. The molecule has 0 spiro atoms. The van der Waals surface area contributed by atoms with Crippen molar-refractivity contribution in [2.75, 3.05) is 6.54 Å². The molecule has 1 heterocycles. The quantitative estimate of drug-likeness (QED) is 0.763. The summed E-state index contributed by atoms with van der Waals surface area (Å²) in [7, 11) is 0. The predicted molar refractivity (Wildman–Crippen MR) is 73.5 cm³/mol. The number of carbonyl (C=O) groups is 1. The predicted octanol–water partition coefficient (Wildman–Crippen LogP) is 4.12. The number of halogens is 2. The standard InChI is InChI=1S/C13H15BrClNO/c1-13(2)6-3-7-16(13)12(17)9-4-5-10(14)11(15)8-9/h4-5,8H,3,6-7H2,1-2H3. The van der Waals surface area contributed by atoms with Crippen LogP contribution in [-0.2, 0) is 0 Å². The number of rotatable bonds is 1. The average Bonchev–Trinajstić information content (AvgIpc) is 2.61. The molecule has 2 nitrogen and oxygen atoms in total. The zero-order chi connectivity index (χ0) is 12.6. The van der Waals surface area contributed by atoms with Crippen molar-refractivity contribution < 1.29 is 4.79 Å². The highest BCUT2D eigenvalue weighted by Gasteiger charge is 2.35. The maximum Gasteiger partial charge on any atom is 0.254 e. The van der Waals surface area contributed by atoms with Crippen molar-refractivity contribution in [3.8, 4) is 0 Å². The SMILES string of the molecule is CC1(C)CCCN1C(=O)c1ccc(Br)c(Cl)c1. The maximum atomic E-state index is 12.4.